The Morgan fingerprint density at radius 1 is 1.00 bits per heavy atom. The van der Waals surface area contributed by atoms with Gasteiger partial charge < -0.3 is 20.0 Å². The average Bonchev–Trinajstić information content (AvgIpc) is 3.33. The van der Waals surface area contributed by atoms with Crippen LogP contribution in [0, 0.1) is 5.82 Å². The highest BCUT2D eigenvalue weighted by Gasteiger charge is 2.41. The molecule has 0 bridgehead atoms. The molecule has 4 aromatic rings. The van der Waals surface area contributed by atoms with Crippen molar-refractivity contribution in [1.82, 2.24) is 3.97 Å². The van der Waals surface area contributed by atoms with Crippen molar-refractivity contribution in [2.75, 3.05) is 13.2 Å². The summed E-state index contributed by atoms with van der Waals surface area (Å²) in [5, 5.41) is 11.7. The van der Waals surface area contributed by atoms with Gasteiger partial charge in [-0.1, -0.05) is 23.7 Å². The Morgan fingerprint density at radius 2 is 1.64 bits per heavy atom. The van der Waals surface area contributed by atoms with Crippen LogP contribution in [0.15, 0.2) is 77.8 Å². The third kappa shape index (κ3) is 9.55. The fourth-order valence-electron chi connectivity index (χ4n) is 3.89. The number of carbonyl (C=O) groups is 1. The van der Waals surface area contributed by atoms with Gasteiger partial charge in [0.1, 0.15) is 24.1 Å². The van der Waals surface area contributed by atoms with E-state index >= 15 is 0 Å². The Balaban J connectivity index is 0.000000707. The molecule has 2 N–H and O–H groups in total. The fraction of sp³-hybridized carbons (Fsp3) is 0.250. The van der Waals surface area contributed by atoms with Crippen LogP contribution in [0.5, 0.6) is 5.75 Å². The maximum Gasteiger partial charge on any atom is 0.430 e. The number of carboxylic acids is 1. The monoisotopic (exact) mass is 686 g/mol. The van der Waals surface area contributed by atoms with Crippen LogP contribution in [-0.4, -0.2) is 50.0 Å². The number of hydrogen-bond acceptors (Lipinski definition) is 5. The van der Waals surface area contributed by atoms with Crippen LogP contribution in [0.2, 0.25) is 5.02 Å². The molecule has 0 unspecified atom stereocenters. The zero-order valence-corrected chi connectivity index (χ0v) is 24.3. The zero-order chi connectivity index (χ0) is 33.6. The van der Waals surface area contributed by atoms with Gasteiger partial charge in [0.05, 0.1) is 17.0 Å². The number of rotatable bonds is 11. The van der Waals surface area contributed by atoms with Gasteiger partial charge in [-0.25, -0.2) is 25.6 Å². The summed E-state index contributed by atoms with van der Waals surface area (Å²) >= 11 is 5.88. The SMILES string of the molecule is O=C([O-])C(F)(F)F.O=S(=O)(c1ccc(Cl)cc1)n1cc(CC[NH2+]Cc2cccc(OCC(F)(F)C(F)F)c2)c2ccc(F)cc21. The van der Waals surface area contributed by atoms with Gasteiger partial charge in [0.2, 0.25) is 0 Å². The van der Waals surface area contributed by atoms with E-state index in [9.17, 15) is 43.5 Å². The lowest BCUT2D eigenvalue weighted by Crippen LogP contribution is -2.83. The average molecular weight is 687 g/mol. The molecule has 0 amide bonds. The lowest BCUT2D eigenvalue weighted by molar-refractivity contribution is -0.670. The van der Waals surface area contributed by atoms with Crippen LogP contribution >= 0.6 is 11.6 Å². The number of carboxylic acid groups (broad SMARTS) is 1. The number of benzene rings is 3. The van der Waals surface area contributed by atoms with E-state index in [2.05, 4.69) is 0 Å². The predicted octanol–water partition coefficient (Wildman–Crippen LogP) is 4.55. The molecule has 1 heterocycles. The summed E-state index contributed by atoms with van der Waals surface area (Å²) in [6, 6.07) is 15.8. The van der Waals surface area contributed by atoms with Gasteiger partial charge in [-0.15, -0.1) is 0 Å². The number of nitrogens with zero attached hydrogens (tertiary/aromatic N) is 1. The number of quaternary nitrogens is 1. The van der Waals surface area contributed by atoms with Crippen molar-refractivity contribution in [3.05, 3.63) is 94.9 Å². The van der Waals surface area contributed by atoms with E-state index < -0.39 is 46.9 Å². The summed E-state index contributed by atoms with van der Waals surface area (Å²) < 4.78 is 129. The van der Waals surface area contributed by atoms with Crippen molar-refractivity contribution in [2.24, 2.45) is 0 Å². The highest BCUT2D eigenvalue weighted by atomic mass is 35.5. The zero-order valence-electron chi connectivity index (χ0n) is 22.7. The number of aromatic nitrogens is 1. The third-order valence-electron chi connectivity index (χ3n) is 6.06. The molecule has 0 aliphatic rings. The molecule has 0 spiro atoms. The number of aliphatic carboxylic acids is 1. The van der Waals surface area contributed by atoms with Gasteiger partial charge in [-0.3, -0.25) is 0 Å². The maximum absolute atomic E-state index is 14.0. The molecular formula is C28H23ClF8N2O5S. The summed E-state index contributed by atoms with van der Waals surface area (Å²) in [5.41, 5.74) is 1.62. The quantitative estimate of drug-likeness (QED) is 0.184. The Bertz CT molecular complexity index is 1730. The van der Waals surface area contributed by atoms with Crippen LogP contribution in [0.4, 0.5) is 35.1 Å². The Labute approximate surface area is 256 Å². The van der Waals surface area contributed by atoms with E-state index in [4.69, 9.17) is 26.2 Å². The summed E-state index contributed by atoms with van der Waals surface area (Å²) in [6.07, 6.45) is -7.09. The topological polar surface area (TPSA) is 105 Å². The molecule has 4 rings (SSSR count). The summed E-state index contributed by atoms with van der Waals surface area (Å²) in [5.74, 6) is -7.78. The molecule has 0 saturated carbocycles. The Kier molecular flexibility index (Phi) is 11.4. The largest absolute Gasteiger partial charge is 0.542 e. The van der Waals surface area contributed by atoms with E-state index in [-0.39, 0.29) is 16.2 Å². The van der Waals surface area contributed by atoms with Gasteiger partial charge >= 0.3 is 18.5 Å². The molecule has 0 atom stereocenters. The van der Waals surface area contributed by atoms with Crippen LogP contribution in [-0.2, 0) is 27.8 Å². The number of hydrogen-bond donors (Lipinski definition) is 1. The van der Waals surface area contributed by atoms with Gasteiger partial charge in [0, 0.05) is 28.6 Å². The molecular weight excluding hydrogens is 664 g/mol. The molecule has 0 radical (unpaired) electrons. The molecule has 17 heteroatoms. The number of fused-ring (bicyclic) bond motifs is 1. The number of ether oxygens (including phenoxy) is 1. The van der Waals surface area contributed by atoms with E-state index in [0.29, 0.717) is 35.5 Å². The minimum Gasteiger partial charge on any atom is -0.542 e. The lowest BCUT2D eigenvalue weighted by Gasteiger charge is -2.16. The van der Waals surface area contributed by atoms with Gasteiger partial charge in [0.25, 0.3) is 10.0 Å². The number of nitrogens with two attached hydrogens (primary N) is 1. The number of alkyl halides is 7. The molecule has 45 heavy (non-hydrogen) atoms. The molecule has 3 aromatic carbocycles. The van der Waals surface area contributed by atoms with Crippen LogP contribution < -0.4 is 15.2 Å². The van der Waals surface area contributed by atoms with Gasteiger partial charge in [-0.2, -0.15) is 22.0 Å². The Morgan fingerprint density at radius 3 is 2.24 bits per heavy atom. The van der Waals surface area contributed by atoms with Gasteiger partial charge in [-0.05, 0) is 60.2 Å². The smallest absolute Gasteiger partial charge is 0.430 e. The first-order valence-electron chi connectivity index (χ1n) is 12.7. The van der Waals surface area contributed by atoms with Crippen LogP contribution in [0.3, 0.4) is 0 Å². The normalized spacial score (nSPS) is 12.2. The van der Waals surface area contributed by atoms with Crippen molar-refractivity contribution in [1.29, 1.82) is 0 Å². The molecule has 7 nitrogen and oxygen atoms in total. The first-order chi connectivity index (χ1) is 20.9. The van der Waals surface area contributed by atoms with E-state index in [0.717, 1.165) is 9.54 Å². The van der Waals surface area contributed by atoms with Gasteiger partial charge in [0.15, 0.2) is 6.61 Å². The predicted molar refractivity (Wildman–Crippen MR) is 144 cm³/mol. The fourth-order valence-corrected chi connectivity index (χ4v) is 5.40. The Hall–Kier alpha value is -3.89. The van der Waals surface area contributed by atoms with Crippen molar-refractivity contribution in [3.63, 3.8) is 0 Å². The van der Waals surface area contributed by atoms with Crippen molar-refractivity contribution < 1.29 is 63.5 Å². The highest BCUT2D eigenvalue weighted by molar-refractivity contribution is 7.90. The second-order valence-electron chi connectivity index (χ2n) is 9.39. The molecule has 0 saturated heterocycles. The molecule has 1 aromatic heterocycles. The standard InChI is InChI=1S/C26H22ClF5N2O3S.C2HF3O2/c27-19-4-7-22(8-5-19)38(35,36)34-15-18(23-9-6-20(28)13-24(23)34)10-11-33-14-17-2-1-3-21(12-17)37-16-26(31,32)25(29)30;3-2(4,5)1(6)7/h1-9,12-13,15,25,33H,10-11,14,16H2;(H,6,7). The highest BCUT2D eigenvalue weighted by Crippen LogP contribution is 2.28. The molecule has 0 aliphatic heterocycles. The van der Waals surface area contributed by atoms with E-state index in [1.807, 2.05) is 5.32 Å². The molecule has 0 aliphatic carbocycles. The first-order valence-corrected chi connectivity index (χ1v) is 14.5. The number of halogens is 9. The van der Waals surface area contributed by atoms with Crippen molar-refractivity contribution >= 4 is 38.5 Å². The second kappa shape index (κ2) is 14.5. The molecule has 244 valence electrons. The minimum atomic E-state index is -5.19. The first kappa shape index (κ1) is 35.6. The summed E-state index contributed by atoms with van der Waals surface area (Å²) in [6.45, 7) is -0.480. The van der Waals surface area contributed by atoms with E-state index in [1.54, 1.807) is 12.1 Å². The number of carbonyl (C=O) groups excluding carboxylic acids is 1. The van der Waals surface area contributed by atoms with Crippen LogP contribution in [0.1, 0.15) is 11.1 Å². The second-order valence-corrected chi connectivity index (χ2v) is 11.6. The lowest BCUT2D eigenvalue weighted by atomic mass is 10.1. The van der Waals surface area contributed by atoms with Crippen molar-refractivity contribution in [2.45, 2.75) is 36.4 Å². The van der Waals surface area contributed by atoms with Crippen LogP contribution in [0.25, 0.3) is 10.9 Å². The minimum absolute atomic E-state index is 0.00888. The summed E-state index contributed by atoms with van der Waals surface area (Å²) in [7, 11) is -4.01. The third-order valence-corrected chi connectivity index (χ3v) is 8.00. The van der Waals surface area contributed by atoms with E-state index in [1.165, 1.54) is 60.8 Å². The van der Waals surface area contributed by atoms with Crippen molar-refractivity contribution in [3.8, 4) is 5.75 Å². The maximum atomic E-state index is 14.0. The molecule has 0 fully saturated rings. The summed E-state index contributed by atoms with van der Waals surface area (Å²) in [4.78, 5) is 8.79.